The highest BCUT2D eigenvalue weighted by Gasteiger charge is 2.14. The number of anilines is 2. The second-order valence-corrected chi connectivity index (χ2v) is 8.55. The lowest BCUT2D eigenvalue weighted by Crippen LogP contribution is -2.27. The summed E-state index contributed by atoms with van der Waals surface area (Å²) >= 11 is 3.26. The summed E-state index contributed by atoms with van der Waals surface area (Å²) in [5.74, 6) is -0.246. The summed E-state index contributed by atoms with van der Waals surface area (Å²) in [6.45, 7) is 6.05. The lowest BCUT2D eigenvalue weighted by molar-refractivity contribution is -0.116. The van der Waals surface area contributed by atoms with Crippen molar-refractivity contribution in [1.29, 1.82) is 0 Å². The zero-order valence-electron chi connectivity index (χ0n) is 15.4. The van der Waals surface area contributed by atoms with Gasteiger partial charge in [0.05, 0.1) is 4.90 Å². The molecule has 0 radical (unpaired) electrons. The molecule has 0 saturated heterocycles. The van der Waals surface area contributed by atoms with Crippen LogP contribution in [-0.4, -0.2) is 34.0 Å². The first-order chi connectivity index (χ1) is 12.9. The van der Waals surface area contributed by atoms with Crippen LogP contribution in [0.4, 0.5) is 11.4 Å². The van der Waals surface area contributed by atoms with Crippen molar-refractivity contribution >= 4 is 43.2 Å². The highest BCUT2D eigenvalue weighted by molar-refractivity contribution is 9.10. The van der Waals surface area contributed by atoms with Crippen molar-refractivity contribution in [3.8, 4) is 0 Å². The van der Waals surface area contributed by atoms with Crippen molar-refractivity contribution in [2.24, 2.45) is 0 Å². The summed E-state index contributed by atoms with van der Waals surface area (Å²) in [5.41, 5.74) is 1.78. The third-order valence-corrected chi connectivity index (χ3v) is 6.05. The van der Waals surface area contributed by atoms with E-state index in [1.54, 1.807) is 12.1 Å². The molecule has 0 heterocycles. The fourth-order valence-corrected chi connectivity index (χ4v) is 3.86. The molecule has 0 fully saturated rings. The van der Waals surface area contributed by atoms with Crippen LogP contribution in [0, 0.1) is 0 Å². The summed E-state index contributed by atoms with van der Waals surface area (Å²) in [6.07, 6.45) is 0.0492. The highest BCUT2D eigenvalue weighted by atomic mass is 79.9. The number of sulfonamides is 1. The van der Waals surface area contributed by atoms with Gasteiger partial charge in [-0.3, -0.25) is 4.79 Å². The molecular weight excluding hydrogens is 430 g/mol. The molecule has 0 unspecified atom stereocenters. The molecule has 2 rings (SSSR count). The molecule has 0 saturated carbocycles. The van der Waals surface area contributed by atoms with Crippen LogP contribution in [0.3, 0.4) is 0 Å². The number of rotatable bonds is 9. The summed E-state index contributed by atoms with van der Waals surface area (Å²) in [4.78, 5) is 14.4. The summed E-state index contributed by atoms with van der Waals surface area (Å²) in [7, 11) is -3.62. The van der Waals surface area contributed by atoms with E-state index in [0.29, 0.717) is 5.69 Å². The van der Waals surface area contributed by atoms with Crippen molar-refractivity contribution < 1.29 is 13.2 Å². The van der Waals surface area contributed by atoms with Crippen LogP contribution >= 0.6 is 15.9 Å². The van der Waals surface area contributed by atoms with E-state index in [1.807, 2.05) is 24.3 Å². The van der Waals surface area contributed by atoms with Gasteiger partial charge < -0.3 is 10.2 Å². The number of nitrogens with zero attached hydrogens (tertiary/aromatic N) is 1. The van der Waals surface area contributed by atoms with Gasteiger partial charge in [0.1, 0.15) is 0 Å². The quantitative estimate of drug-likeness (QED) is 0.607. The molecule has 8 heteroatoms. The molecule has 2 N–H and O–H groups in total. The number of nitrogens with one attached hydrogen (secondary N) is 2. The van der Waals surface area contributed by atoms with E-state index in [0.717, 1.165) is 23.2 Å². The van der Waals surface area contributed by atoms with Crippen LogP contribution in [0.1, 0.15) is 20.3 Å². The van der Waals surface area contributed by atoms with Crippen LogP contribution < -0.4 is 14.9 Å². The Morgan fingerprint density at radius 2 is 1.59 bits per heavy atom. The van der Waals surface area contributed by atoms with Crippen molar-refractivity contribution in [3.63, 3.8) is 0 Å². The molecule has 1 amide bonds. The van der Waals surface area contributed by atoms with Crippen LogP contribution in [0.15, 0.2) is 57.9 Å². The monoisotopic (exact) mass is 453 g/mol. The maximum Gasteiger partial charge on any atom is 0.240 e. The van der Waals surface area contributed by atoms with Crippen molar-refractivity contribution in [1.82, 2.24) is 4.72 Å². The number of amides is 1. The minimum absolute atomic E-state index is 0.0295. The van der Waals surface area contributed by atoms with Crippen LogP contribution in [-0.2, 0) is 14.8 Å². The first kappa shape index (κ1) is 21.4. The lowest BCUT2D eigenvalue weighted by Gasteiger charge is -2.21. The van der Waals surface area contributed by atoms with E-state index < -0.39 is 10.0 Å². The molecule has 0 aromatic heterocycles. The van der Waals surface area contributed by atoms with E-state index in [9.17, 15) is 13.2 Å². The molecule has 27 heavy (non-hydrogen) atoms. The molecule has 6 nitrogen and oxygen atoms in total. The van der Waals surface area contributed by atoms with E-state index in [-0.39, 0.29) is 23.8 Å². The summed E-state index contributed by atoms with van der Waals surface area (Å²) < 4.78 is 27.6. The predicted octanol–water partition coefficient (Wildman–Crippen LogP) is 3.60. The molecule has 2 aromatic carbocycles. The normalized spacial score (nSPS) is 11.2. The topological polar surface area (TPSA) is 78.5 Å². The number of carbonyl (C=O) groups is 1. The Balaban J connectivity index is 1.84. The van der Waals surface area contributed by atoms with Gasteiger partial charge in [0.15, 0.2) is 0 Å². The molecule has 2 aromatic rings. The SMILES string of the molecule is CCN(CC)c1ccc(NC(=O)CCNS(=O)(=O)c2ccc(Br)cc2)cc1. The second kappa shape index (κ2) is 9.87. The molecular formula is C19H24BrN3O3S. The van der Waals surface area contributed by atoms with Gasteiger partial charge in [-0.25, -0.2) is 13.1 Å². The zero-order chi connectivity index (χ0) is 19.9. The number of benzene rings is 2. The Labute approximate surface area is 169 Å². The van der Waals surface area contributed by atoms with E-state index >= 15 is 0 Å². The second-order valence-electron chi connectivity index (χ2n) is 5.87. The predicted molar refractivity (Wildman–Crippen MR) is 113 cm³/mol. The molecule has 0 spiro atoms. The maximum absolute atomic E-state index is 12.2. The first-order valence-electron chi connectivity index (χ1n) is 8.75. The molecule has 0 aliphatic heterocycles. The summed E-state index contributed by atoms with van der Waals surface area (Å²) in [6, 6.07) is 13.9. The van der Waals surface area contributed by atoms with Gasteiger partial charge in [0.25, 0.3) is 0 Å². The molecule has 0 bridgehead atoms. The third kappa shape index (κ3) is 6.34. The first-order valence-corrected chi connectivity index (χ1v) is 11.0. The zero-order valence-corrected chi connectivity index (χ0v) is 17.8. The fraction of sp³-hybridized carbons (Fsp3) is 0.316. The Bertz CT molecular complexity index is 849. The Morgan fingerprint density at radius 3 is 2.15 bits per heavy atom. The fourth-order valence-electron chi connectivity index (χ4n) is 2.56. The average Bonchev–Trinajstić information content (AvgIpc) is 2.64. The number of hydrogen-bond donors (Lipinski definition) is 2. The molecule has 0 atom stereocenters. The number of halogens is 1. The highest BCUT2D eigenvalue weighted by Crippen LogP contribution is 2.18. The van der Waals surface area contributed by atoms with Gasteiger partial charge >= 0.3 is 0 Å². The van der Waals surface area contributed by atoms with Gasteiger partial charge in [-0.1, -0.05) is 15.9 Å². The minimum Gasteiger partial charge on any atom is -0.372 e. The van der Waals surface area contributed by atoms with Gasteiger partial charge in [-0.05, 0) is 62.4 Å². The molecule has 0 aliphatic rings. The van der Waals surface area contributed by atoms with Gasteiger partial charge in [0.2, 0.25) is 15.9 Å². The third-order valence-electron chi connectivity index (χ3n) is 4.05. The number of carbonyl (C=O) groups excluding carboxylic acids is 1. The van der Waals surface area contributed by atoms with Crippen LogP contribution in [0.5, 0.6) is 0 Å². The van der Waals surface area contributed by atoms with Crippen molar-refractivity contribution in [2.45, 2.75) is 25.2 Å². The van der Waals surface area contributed by atoms with Crippen LogP contribution in [0.25, 0.3) is 0 Å². The minimum atomic E-state index is -3.62. The van der Waals surface area contributed by atoms with Gasteiger partial charge in [-0.15, -0.1) is 0 Å². The van der Waals surface area contributed by atoms with E-state index in [1.165, 1.54) is 12.1 Å². The molecule has 0 aliphatic carbocycles. The average molecular weight is 454 g/mol. The van der Waals surface area contributed by atoms with Gasteiger partial charge in [0, 0.05) is 41.9 Å². The Hall–Kier alpha value is -1.90. The Morgan fingerprint density at radius 1 is 1.00 bits per heavy atom. The molecule has 146 valence electrons. The lowest BCUT2D eigenvalue weighted by atomic mass is 10.2. The standard InChI is InChI=1S/C19H24BrN3O3S/c1-3-23(4-2)17-9-7-16(8-10-17)22-19(24)13-14-21-27(25,26)18-11-5-15(20)6-12-18/h5-12,21H,3-4,13-14H2,1-2H3,(H,22,24). The van der Waals surface area contributed by atoms with Crippen LogP contribution in [0.2, 0.25) is 0 Å². The largest absolute Gasteiger partial charge is 0.372 e. The van der Waals surface area contributed by atoms with Gasteiger partial charge in [-0.2, -0.15) is 0 Å². The van der Waals surface area contributed by atoms with Crippen molar-refractivity contribution in [2.75, 3.05) is 29.9 Å². The van der Waals surface area contributed by atoms with Crippen molar-refractivity contribution in [3.05, 3.63) is 53.0 Å². The summed E-state index contributed by atoms with van der Waals surface area (Å²) in [5, 5.41) is 2.78. The van der Waals surface area contributed by atoms with E-state index in [2.05, 4.69) is 44.7 Å². The maximum atomic E-state index is 12.2. The number of hydrogen-bond acceptors (Lipinski definition) is 4. The smallest absolute Gasteiger partial charge is 0.240 e. The Kier molecular flexibility index (Phi) is 7.82. The van der Waals surface area contributed by atoms with E-state index in [4.69, 9.17) is 0 Å².